The second-order valence-corrected chi connectivity index (χ2v) is 14.4. The van der Waals surface area contributed by atoms with E-state index in [1.165, 1.54) is 62.6 Å². The van der Waals surface area contributed by atoms with E-state index in [1.54, 1.807) is 12.7 Å². The van der Waals surface area contributed by atoms with E-state index in [4.69, 9.17) is 4.74 Å². The molecule has 0 unspecified atom stereocenters. The van der Waals surface area contributed by atoms with Gasteiger partial charge in [-0.1, -0.05) is 46.3 Å². The SMILES string of the molecule is COc1c(O)cc2c(c1C)CC=C1[C@@]2(C)CC[C@@]2(C)[C@@H]3C[C@](C)(CN(C)C)CC[C@]3(C)CC[C@]12C. The minimum atomic E-state index is -0.00823. The number of phenolic OH excluding ortho intramolecular Hbond substituents is 1. The highest BCUT2D eigenvalue weighted by atomic mass is 16.5. The molecule has 1 aromatic rings. The zero-order valence-electron chi connectivity index (χ0n) is 23.9. The van der Waals surface area contributed by atoms with Crippen molar-refractivity contribution in [1.82, 2.24) is 4.90 Å². The van der Waals surface area contributed by atoms with Crippen molar-refractivity contribution in [2.45, 2.75) is 98.3 Å². The van der Waals surface area contributed by atoms with E-state index in [1.807, 2.05) is 6.07 Å². The van der Waals surface area contributed by atoms with Gasteiger partial charge < -0.3 is 14.7 Å². The second-order valence-electron chi connectivity index (χ2n) is 14.4. The number of hydrogen-bond donors (Lipinski definition) is 1. The van der Waals surface area contributed by atoms with Gasteiger partial charge in [0.05, 0.1) is 7.11 Å². The highest BCUT2D eigenvalue weighted by molar-refractivity contribution is 5.61. The Morgan fingerprint density at radius 3 is 2.34 bits per heavy atom. The van der Waals surface area contributed by atoms with Gasteiger partial charge in [0.1, 0.15) is 0 Å². The van der Waals surface area contributed by atoms with Crippen LogP contribution in [0.5, 0.6) is 11.5 Å². The van der Waals surface area contributed by atoms with Gasteiger partial charge in [0.25, 0.3) is 0 Å². The van der Waals surface area contributed by atoms with Crippen LogP contribution in [0, 0.1) is 34.5 Å². The number of methoxy groups -OCH3 is 1. The van der Waals surface area contributed by atoms with E-state index in [0.29, 0.717) is 27.7 Å². The Morgan fingerprint density at radius 1 is 1.00 bits per heavy atom. The van der Waals surface area contributed by atoms with E-state index in [9.17, 15) is 5.11 Å². The van der Waals surface area contributed by atoms with Crippen molar-refractivity contribution in [3.05, 3.63) is 34.4 Å². The third-order valence-corrected chi connectivity index (χ3v) is 12.0. The number of ether oxygens (including phenoxy) is 1. The number of rotatable bonds is 3. The smallest absolute Gasteiger partial charge is 0.163 e. The molecule has 1 aromatic carbocycles. The molecule has 0 radical (unpaired) electrons. The molecule has 3 heteroatoms. The number of nitrogens with zero attached hydrogens (tertiary/aromatic N) is 1. The molecule has 0 aliphatic heterocycles. The summed E-state index contributed by atoms with van der Waals surface area (Å²) in [5, 5.41) is 10.9. The molecule has 0 saturated heterocycles. The highest BCUT2D eigenvalue weighted by Crippen LogP contribution is 2.74. The molecule has 0 aromatic heterocycles. The molecule has 3 nitrogen and oxygen atoms in total. The van der Waals surface area contributed by atoms with Gasteiger partial charge in [0.15, 0.2) is 11.5 Å². The Labute approximate surface area is 214 Å². The summed E-state index contributed by atoms with van der Waals surface area (Å²) in [7, 11) is 6.16. The van der Waals surface area contributed by atoms with Gasteiger partial charge in [-0.25, -0.2) is 0 Å². The van der Waals surface area contributed by atoms with Crippen molar-refractivity contribution in [2.75, 3.05) is 27.7 Å². The molecule has 194 valence electrons. The Balaban J connectivity index is 1.59. The molecule has 3 fully saturated rings. The Bertz CT molecular complexity index is 1070. The maximum absolute atomic E-state index is 10.9. The largest absolute Gasteiger partial charge is 0.504 e. The zero-order valence-corrected chi connectivity index (χ0v) is 23.9. The first-order chi connectivity index (χ1) is 16.2. The van der Waals surface area contributed by atoms with Gasteiger partial charge in [0, 0.05) is 12.0 Å². The molecule has 35 heavy (non-hydrogen) atoms. The van der Waals surface area contributed by atoms with Crippen LogP contribution in [0.15, 0.2) is 17.7 Å². The number of phenols is 1. The first-order valence-corrected chi connectivity index (χ1v) is 14.0. The van der Waals surface area contributed by atoms with E-state index < -0.39 is 0 Å². The van der Waals surface area contributed by atoms with Gasteiger partial charge >= 0.3 is 0 Å². The van der Waals surface area contributed by atoms with Gasteiger partial charge in [-0.3, -0.25) is 0 Å². The molecule has 0 bridgehead atoms. The molecule has 0 amide bonds. The van der Waals surface area contributed by atoms with Crippen molar-refractivity contribution in [3.8, 4) is 11.5 Å². The monoisotopic (exact) mass is 479 g/mol. The lowest BCUT2D eigenvalue weighted by Gasteiger charge is -2.70. The fourth-order valence-electron chi connectivity index (χ4n) is 9.92. The summed E-state index contributed by atoms with van der Waals surface area (Å²) in [6.07, 6.45) is 12.7. The molecule has 4 aliphatic rings. The normalized spacial score (nSPS) is 42.5. The van der Waals surface area contributed by atoms with Crippen LogP contribution in [0.4, 0.5) is 0 Å². The van der Waals surface area contributed by atoms with E-state index >= 15 is 0 Å². The molecule has 0 spiro atoms. The van der Waals surface area contributed by atoms with Gasteiger partial charge in [-0.15, -0.1) is 0 Å². The number of aromatic hydroxyl groups is 1. The van der Waals surface area contributed by atoms with Crippen LogP contribution in [-0.2, 0) is 11.8 Å². The van der Waals surface area contributed by atoms with Crippen molar-refractivity contribution >= 4 is 0 Å². The van der Waals surface area contributed by atoms with Gasteiger partial charge in [0.2, 0.25) is 0 Å². The second kappa shape index (κ2) is 7.76. The summed E-state index contributed by atoms with van der Waals surface area (Å²) in [6, 6.07) is 2.04. The van der Waals surface area contributed by atoms with Crippen LogP contribution < -0.4 is 4.74 Å². The molecular formula is C32H49NO2. The molecule has 6 atom stereocenters. The van der Waals surface area contributed by atoms with Crippen molar-refractivity contribution in [3.63, 3.8) is 0 Å². The predicted molar refractivity (Wildman–Crippen MR) is 145 cm³/mol. The lowest BCUT2D eigenvalue weighted by atomic mass is 9.34. The number of fused-ring (bicyclic) bond motifs is 7. The van der Waals surface area contributed by atoms with E-state index in [0.717, 1.165) is 17.9 Å². The topological polar surface area (TPSA) is 32.7 Å². The van der Waals surface area contributed by atoms with E-state index in [2.05, 4.69) is 66.6 Å². The third kappa shape index (κ3) is 3.32. The maximum atomic E-state index is 10.9. The van der Waals surface area contributed by atoms with Gasteiger partial charge in [-0.05, 0) is 123 Å². The lowest BCUT2D eigenvalue weighted by Crippen LogP contribution is -2.62. The first kappa shape index (κ1) is 25.2. The summed E-state index contributed by atoms with van der Waals surface area (Å²) in [6.45, 7) is 16.3. The Kier molecular flexibility index (Phi) is 5.58. The quantitative estimate of drug-likeness (QED) is 0.458. The van der Waals surface area contributed by atoms with Crippen LogP contribution in [0.2, 0.25) is 0 Å². The molecule has 0 heterocycles. The summed E-state index contributed by atoms with van der Waals surface area (Å²) in [4.78, 5) is 2.41. The average molecular weight is 480 g/mol. The summed E-state index contributed by atoms with van der Waals surface area (Å²) < 4.78 is 5.58. The molecular weight excluding hydrogens is 430 g/mol. The van der Waals surface area contributed by atoms with Gasteiger partial charge in [-0.2, -0.15) is 0 Å². The fraction of sp³-hybridized carbons (Fsp3) is 0.750. The van der Waals surface area contributed by atoms with Crippen molar-refractivity contribution in [2.24, 2.45) is 27.6 Å². The molecule has 4 aliphatic carbocycles. The van der Waals surface area contributed by atoms with Crippen LogP contribution in [0.3, 0.4) is 0 Å². The summed E-state index contributed by atoms with van der Waals surface area (Å²) >= 11 is 0. The minimum Gasteiger partial charge on any atom is -0.504 e. The lowest BCUT2D eigenvalue weighted by molar-refractivity contribution is -0.160. The predicted octanol–water partition coefficient (Wildman–Crippen LogP) is 7.42. The number of allylic oxidation sites excluding steroid dienone is 2. The minimum absolute atomic E-state index is 0.00823. The number of hydrogen-bond acceptors (Lipinski definition) is 3. The van der Waals surface area contributed by atoms with Crippen LogP contribution in [-0.4, -0.2) is 37.8 Å². The summed E-state index contributed by atoms with van der Waals surface area (Å²) in [5.74, 6) is 1.70. The zero-order chi connectivity index (χ0) is 25.6. The molecule has 5 rings (SSSR count). The molecule has 3 saturated carbocycles. The van der Waals surface area contributed by atoms with Crippen molar-refractivity contribution < 1.29 is 9.84 Å². The average Bonchev–Trinajstić information content (AvgIpc) is 2.77. The first-order valence-electron chi connectivity index (χ1n) is 14.0. The van der Waals surface area contributed by atoms with Crippen LogP contribution in [0.1, 0.15) is 96.3 Å². The van der Waals surface area contributed by atoms with E-state index in [-0.39, 0.29) is 10.8 Å². The van der Waals surface area contributed by atoms with Crippen molar-refractivity contribution in [1.29, 1.82) is 0 Å². The highest BCUT2D eigenvalue weighted by Gasteiger charge is 2.66. The third-order valence-electron chi connectivity index (χ3n) is 12.0. The molecule has 1 N–H and O–H groups in total. The number of benzene rings is 1. The Hall–Kier alpha value is -1.48. The standard InChI is InChI=1S/C32H49NO2/c1-21-22-10-11-25-30(4,23(22)18-24(34)27(21)35-9)15-17-32(6)26-19-28(2,20-33(7)8)12-13-29(26,3)14-16-31(25,32)5/h11,18,26,34H,10,12-17,19-20H2,1-9H3/t26-,28-,29-,30+,31-,32+/m1/s1. The Morgan fingerprint density at radius 2 is 1.69 bits per heavy atom. The van der Waals surface area contributed by atoms with Crippen LogP contribution in [0.25, 0.3) is 0 Å². The van der Waals surface area contributed by atoms with Crippen LogP contribution >= 0.6 is 0 Å². The fourth-order valence-corrected chi connectivity index (χ4v) is 9.92. The summed E-state index contributed by atoms with van der Waals surface area (Å²) in [5.41, 5.74) is 6.86. The maximum Gasteiger partial charge on any atom is 0.163 e.